The Kier molecular flexibility index (Phi) is 4.95. The maximum Gasteiger partial charge on any atom is 0.251 e. The van der Waals surface area contributed by atoms with Gasteiger partial charge in [0.05, 0.1) is 10.9 Å². The molecule has 6 nitrogen and oxygen atoms in total. The van der Waals surface area contributed by atoms with Gasteiger partial charge in [-0.05, 0) is 50.1 Å². The van der Waals surface area contributed by atoms with Crippen LogP contribution in [0.2, 0.25) is 0 Å². The molecule has 0 saturated carbocycles. The molecule has 1 atom stereocenters. The third-order valence-corrected chi connectivity index (χ3v) is 6.91. The maximum atomic E-state index is 12.7. The molecule has 0 spiro atoms. The number of hydrogen-bond acceptors (Lipinski definition) is 4. The van der Waals surface area contributed by atoms with Crippen molar-refractivity contribution in [3.05, 3.63) is 65.9 Å². The van der Waals surface area contributed by atoms with Crippen LogP contribution in [0.5, 0.6) is 0 Å². The van der Waals surface area contributed by atoms with E-state index in [-0.39, 0.29) is 16.8 Å². The summed E-state index contributed by atoms with van der Waals surface area (Å²) in [6, 6.07) is 15.4. The Balaban J connectivity index is 1.53. The Bertz CT molecular complexity index is 1080. The number of furan rings is 1. The number of para-hydroxylation sites is 1. The van der Waals surface area contributed by atoms with Crippen molar-refractivity contribution in [1.82, 2.24) is 9.62 Å². The molecule has 1 aliphatic rings. The van der Waals surface area contributed by atoms with E-state index in [9.17, 15) is 13.2 Å². The van der Waals surface area contributed by atoms with Gasteiger partial charge in [0.1, 0.15) is 11.3 Å². The highest BCUT2D eigenvalue weighted by Crippen LogP contribution is 2.25. The highest BCUT2D eigenvalue weighted by Gasteiger charge is 2.27. The van der Waals surface area contributed by atoms with E-state index >= 15 is 0 Å². The van der Waals surface area contributed by atoms with Gasteiger partial charge in [-0.1, -0.05) is 24.3 Å². The number of nitrogens with zero attached hydrogens (tertiary/aromatic N) is 1. The summed E-state index contributed by atoms with van der Waals surface area (Å²) in [4.78, 5) is 12.8. The van der Waals surface area contributed by atoms with Crippen LogP contribution in [-0.2, 0) is 10.0 Å². The molecular formula is C21H22N2O4S. The molecule has 7 heteroatoms. The van der Waals surface area contributed by atoms with Gasteiger partial charge in [-0.3, -0.25) is 4.79 Å². The fourth-order valence-electron chi connectivity index (χ4n) is 3.44. The van der Waals surface area contributed by atoms with Crippen LogP contribution in [0.4, 0.5) is 0 Å². The number of carbonyl (C=O) groups excluding carboxylic acids is 1. The Hall–Kier alpha value is -2.64. The lowest BCUT2D eigenvalue weighted by atomic mass is 10.1. The topological polar surface area (TPSA) is 79.6 Å². The number of fused-ring (bicyclic) bond motifs is 1. The Morgan fingerprint density at radius 2 is 1.82 bits per heavy atom. The maximum absolute atomic E-state index is 12.7. The fourth-order valence-corrected chi connectivity index (χ4v) is 5.01. The van der Waals surface area contributed by atoms with Crippen molar-refractivity contribution in [3.8, 4) is 0 Å². The second-order valence-electron chi connectivity index (χ2n) is 7.02. The molecular weight excluding hydrogens is 376 g/mol. The predicted octanol–water partition coefficient (Wildman–Crippen LogP) is 3.71. The van der Waals surface area contributed by atoms with Crippen molar-refractivity contribution in [3.63, 3.8) is 0 Å². The molecule has 3 aromatic rings. The number of carbonyl (C=O) groups is 1. The molecule has 0 bridgehead atoms. The first-order chi connectivity index (χ1) is 13.4. The lowest BCUT2D eigenvalue weighted by Crippen LogP contribution is -2.29. The molecule has 28 heavy (non-hydrogen) atoms. The predicted molar refractivity (Wildman–Crippen MR) is 107 cm³/mol. The summed E-state index contributed by atoms with van der Waals surface area (Å²) in [6.07, 6.45) is 1.74. The zero-order chi connectivity index (χ0) is 19.7. The lowest BCUT2D eigenvalue weighted by molar-refractivity contribution is 0.0935. The van der Waals surface area contributed by atoms with Crippen molar-refractivity contribution in [2.45, 2.75) is 30.7 Å². The first-order valence-electron chi connectivity index (χ1n) is 9.35. The third kappa shape index (κ3) is 3.55. The number of amides is 1. The van der Waals surface area contributed by atoms with Crippen molar-refractivity contribution >= 4 is 26.9 Å². The van der Waals surface area contributed by atoms with Gasteiger partial charge in [-0.15, -0.1) is 0 Å². The van der Waals surface area contributed by atoms with Crippen molar-refractivity contribution in [2.75, 3.05) is 13.1 Å². The van der Waals surface area contributed by atoms with Gasteiger partial charge < -0.3 is 9.73 Å². The van der Waals surface area contributed by atoms with E-state index in [1.54, 1.807) is 12.1 Å². The standard InChI is InChI=1S/C21H22N2O4S/c1-15(20-14-16-7-2-3-10-19(16)27-20)22-21(24)17-8-6-9-18(13-17)28(25,26)23-11-4-5-12-23/h2-3,6-10,13-15H,4-5,11-12H2,1H3,(H,22,24). The van der Waals surface area contributed by atoms with E-state index in [1.807, 2.05) is 37.3 Å². The quantitative estimate of drug-likeness (QED) is 0.711. The van der Waals surface area contributed by atoms with Gasteiger partial charge in [0.2, 0.25) is 10.0 Å². The number of rotatable bonds is 5. The minimum atomic E-state index is -3.56. The van der Waals surface area contributed by atoms with Crippen molar-refractivity contribution in [1.29, 1.82) is 0 Å². The smallest absolute Gasteiger partial charge is 0.251 e. The average Bonchev–Trinajstić information content (AvgIpc) is 3.38. The van der Waals surface area contributed by atoms with E-state index in [0.717, 1.165) is 23.8 Å². The summed E-state index contributed by atoms with van der Waals surface area (Å²) < 4.78 is 32.7. The summed E-state index contributed by atoms with van der Waals surface area (Å²) in [6.45, 7) is 2.89. The van der Waals surface area contributed by atoms with E-state index in [4.69, 9.17) is 4.42 Å². The largest absolute Gasteiger partial charge is 0.459 e. The first kappa shape index (κ1) is 18.7. The zero-order valence-corrected chi connectivity index (χ0v) is 16.4. The Labute approximate surface area is 164 Å². The number of benzene rings is 2. The molecule has 1 saturated heterocycles. The molecule has 1 N–H and O–H groups in total. The molecule has 1 fully saturated rings. The Morgan fingerprint density at radius 3 is 2.57 bits per heavy atom. The number of nitrogens with one attached hydrogen (secondary N) is 1. The molecule has 1 aromatic heterocycles. The van der Waals surface area contributed by atoms with Gasteiger partial charge in [-0.25, -0.2) is 8.42 Å². The van der Waals surface area contributed by atoms with Crippen LogP contribution in [0.1, 0.15) is 41.9 Å². The summed E-state index contributed by atoms with van der Waals surface area (Å²) >= 11 is 0. The molecule has 0 radical (unpaired) electrons. The molecule has 1 amide bonds. The van der Waals surface area contributed by atoms with Crippen LogP contribution >= 0.6 is 0 Å². The molecule has 0 aliphatic carbocycles. The Morgan fingerprint density at radius 1 is 1.07 bits per heavy atom. The van der Waals surface area contributed by atoms with Crippen LogP contribution in [0.15, 0.2) is 63.9 Å². The summed E-state index contributed by atoms with van der Waals surface area (Å²) in [5.41, 5.74) is 1.07. The van der Waals surface area contributed by atoms with E-state index in [2.05, 4.69) is 5.32 Å². The van der Waals surface area contributed by atoms with Crippen molar-refractivity contribution in [2.24, 2.45) is 0 Å². The molecule has 1 unspecified atom stereocenters. The zero-order valence-electron chi connectivity index (χ0n) is 15.6. The monoisotopic (exact) mass is 398 g/mol. The van der Waals surface area contributed by atoms with Crippen LogP contribution < -0.4 is 5.32 Å². The lowest BCUT2D eigenvalue weighted by Gasteiger charge is -2.16. The molecule has 2 heterocycles. The van der Waals surface area contributed by atoms with Crippen LogP contribution in [0.3, 0.4) is 0 Å². The highest BCUT2D eigenvalue weighted by molar-refractivity contribution is 7.89. The second kappa shape index (κ2) is 7.41. The molecule has 4 rings (SSSR count). The first-order valence-corrected chi connectivity index (χ1v) is 10.8. The van der Waals surface area contributed by atoms with Crippen molar-refractivity contribution < 1.29 is 17.6 Å². The van der Waals surface area contributed by atoms with Gasteiger partial charge >= 0.3 is 0 Å². The van der Waals surface area contributed by atoms with Gasteiger partial charge in [0.25, 0.3) is 5.91 Å². The van der Waals surface area contributed by atoms with Gasteiger partial charge in [-0.2, -0.15) is 4.31 Å². The average molecular weight is 398 g/mol. The number of hydrogen-bond donors (Lipinski definition) is 1. The highest BCUT2D eigenvalue weighted by atomic mass is 32.2. The molecule has 2 aromatic carbocycles. The van der Waals surface area contributed by atoms with Gasteiger partial charge in [0.15, 0.2) is 0 Å². The summed E-state index contributed by atoms with van der Waals surface area (Å²) in [5, 5.41) is 3.85. The van der Waals surface area contributed by atoms with E-state index in [0.29, 0.717) is 24.4 Å². The SMILES string of the molecule is CC(NC(=O)c1cccc(S(=O)(=O)N2CCCC2)c1)c1cc2ccccc2o1. The van der Waals surface area contributed by atoms with Gasteiger partial charge in [0, 0.05) is 24.0 Å². The minimum absolute atomic E-state index is 0.151. The third-order valence-electron chi connectivity index (χ3n) is 5.02. The molecule has 1 aliphatic heterocycles. The fraction of sp³-hybridized carbons (Fsp3) is 0.286. The minimum Gasteiger partial charge on any atom is -0.459 e. The van der Waals surface area contributed by atoms with Crippen LogP contribution in [-0.4, -0.2) is 31.7 Å². The van der Waals surface area contributed by atoms with E-state index < -0.39 is 10.0 Å². The molecule has 146 valence electrons. The summed E-state index contributed by atoms with van der Waals surface area (Å²) in [5.74, 6) is 0.307. The summed E-state index contributed by atoms with van der Waals surface area (Å²) in [7, 11) is -3.56. The van der Waals surface area contributed by atoms with E-state index in [1.165, 1.54) is 16.4 Å². The number of sulfonamides is 1. The van der Waals surface area contributed by atoms with Crippen LogP contribution in [0, 0.1) is 0 Å². The van der Waals surface area contributed by atoms with Crippen LogP contribution in [0.25, 0.3) is 11.0 Å². The second-order valence-corrected chi connectivity index (χ2v) is 8.96. The normalized spacial score (nSPS) is 16.3.